The maximum atomic E-state index is 12.0. The van der Waals surface area contributed by atoms with Crippen molar-refractivity contribution in [1.29, 1.82) is 0 Å². The van der Waals surface area contributed by atoms with Crippen LogP contribution < -0.4 is 5.32 Å². The van der Waals surface area contributed by atoms with E-state index >= 15 is 0 Å². The van der Waals surface area contributed by atoms with Crippen molar-refractivity contribution in [2.45, 2.75) is 58.2 Å². The van der Waals surface area contributed by atoms with Crippen molar-refractivity contribution in [3.8, 4) is 0 Å². The molecular formula is C15H24N4O2. The van der Waals surface area contributed by atoms with Crippen LogP contribution in [0.3, 0.4) is 0 Å². The number of imide groups is 1. The third-order valence-electron chi connectivity index (χ3n) is 4.16. The summed E-state index contributed by atoms with van der Waals surface area (Å²) in [4.78, 5) is 24.6. The minimum atomic E-state index is -0.286. The first-order valence-corrected chi connectivity index (χ1v) is 7.64. The van der Waals surface area contributed by atoms with Crippen LogP contribution in [0.2, 0.25) is 0 Å². The molecule has 21 heavy (non-hydrogen) atoms. The third kappa shape index (κ3) is 3.50. The lowest BCUT2D eigenvalue weighted by molar-refractivity contribution is -0.148. The molecule has 0 aromatic carbocycles. The summed E-state index contributed by atoms with van der Waals surface area (Å²) < 4.78 is 2.00. The molecule has 116 valence electrons. The minimum Gasteiger partial charge on any atom is -0.300 e. The predicted octanol–water partition coefficient (Wildman–Crippen LogP) is 1.48. The zero-order valence-electron chi connectivity index (χ0n) is 13.0. The smallest absolute Gasteiger partial charge is 0.246 e. The lowest BCUT2D eigenvalue weighted by Gasteiger charge is -2.28. The van der Waals surface area contributed by atoms with Gasteiger partial charge >= 0.3 is 0 Å². The number of carbonyl (C=O) groups is 2. The van der Waals surface area contributed by atoms with Crippen molar-refractivity contribution in [2.75, 3.05) is 7.05 Å². The van der Waals surface area contributed by atoms with Crippen LogP contribution in [-0.4, -0.2) is 39.6 Å². The van der Waals surface area contributed by atoms with Crippen molar-refractivity contribution in [1.82, 2.24) is 20.0 Å². The molecule has 1 unspecified atom stereocenters. The molecule has 0 aliphatic carbocycles. The van der Waals surface area contributed by atoms with Gasteiger partial charge in [-0.05, 0) is 25.3 Å². The highest BCUT2D eigenvalue weighted by Crippen LogP contribution is 2.15. The maximum Gasteiger partial charge on any atom is 0.246 e. The van der Waals surface area contributed by atoms with Crippen LogP contribution in [0.5, 0.6) is 0 Å². The van der Waals surface area contributed by atoms with Gasteiger partial charge in [-0.3, -0.25) is 19.2 Å². The third-order valence-corrected chi connectivity index (χ3v) is 4.16. The summed E-state index contributed by atoms with van der Waals surface area (Å²) in [6, 6.07) is 2.12. The van der Waals surface area contributed by atoms with Gasteiger partial charge in [0.15, 0.2) is 0 Å². The first-order chi connectivity index (χ1) is 10.1. The highest BCUT2D eigenvalue weighted by Gasteiger charge is 2.31. The Kier molecular flexibility index (Phi) is 5.12. The molecule has 1 aromatic heterocycles. The van der Waals surface area contributed by atoms with Crippen LogP contribution in [0, 0.1) is 0 Å². The van der Waals surface area contributed by atoms with E-state index in [2.05, 4.69) is 24.3 Å². The Hall–Kier alpha value is -1.69. The summed E-state index contributed by atoms with van der Waals surface area (Å²) in [5.74, 6) is -0.248. The van der Waals surface area contributed by atoms with Crippen molar-refractivity contribution >= 4 is 11.8 Å². The van der Waals surface area contributed by atoms with E-state index < -0.39 is 0 Å². The van der Waals surface area contributed by atoms with Gasteiger partial charge in [-0.25, -0.2) is 0 Å². The average Bonchev–Trinajstić information content (AvgIpc) is 2.94. The molecule has 2 rings (SSSR count). The summed E-state index contributed by atoms with van der Waals surface area (Å²) in [6.07, 6.45) is 5.09. The molecule has 2 heterocycles. The zero-order chi connectivity index (χ0) is 15.4. The average molecular weight is 292 g/mol. The van der Waals surface area contributed by atoms with Crippen LogP contribution in [0.4, 0.5) is 0 Å². The molecule has 6 heteroatoms. The van der Waals surface area contributed by atoms with E-state index in [4.69, 9.17) is 0 Å². The molecule has 0 spiro atoms. The number of hydrogen-bond acceptors (Lipinski definition) is 4. The first-order valence-electron chi connectivity index (χ1n) is 7.64. The van der Waals surface area contributed by atoms with Gasteiger partial charge in [-0.2, -0.15) is 5.10 Å². The number of nitrogens with one attached hydrogen (secondary N) is 1. The van der Waals surface area contributed by atoms with Crippen LogP contribution >= 0.6 is 0 Å². The Morgan fingerprint density at radius 1 is 1.38 bits per heavy atom. The molecule has 0 bridgehead atoms. The Morgan fingerprint density at radius 3 is 2.76 bits per heavy atom. The number of hydrogen-bond donors (Lipinski definition) is 1. The molecule has 0 saturated carbocycles. The monoisotopic (exact) mass is 292 g/mol. The highest BCUT2D eigenvalue weighted by atomic mass is 16.2. The number of carbonyl (C=O) groups excluding carboxylic acids is 2. The van der Waals surface area contributed by atoms with E-state index in [-0.39, 0.29) is 17.9 Å². The number of likely N-dealkylation sites (tertiary alicyclic amines) is 1. The molecule has 1 aliphatic heterocycles. The fraction of sp³-hybridized carbons (Fsp3) is 0.667. The van der Waals surface area contributed by atoms with Gasteiger partial charge in [0.25, 0.3) is 0 Å². The molecule has 1 aromatic rings. The second kappa shape index (κ2) is 6.85. The second-order valence-electron chi connectivity index (χ2n) is 5.52. The van der Waals surface area contributed by atoms with Gasteiger partial charge in [0.05, 0.1) is 17.8 Å². The Bertz CT molecular complexity index is 508. The molecular weight excluding hydrogens is 268 g/mol. The van der Waals surface area contributed by atoms with E-state index in [1.165, 1.54) is 4.90 Å². The number of amides is 2. The molecule has 1 saturated heterocycles. The lowest BCUT2D eigenvalue weighted by atomic mass is 10.0. The summed E-state index contributed by atoms with van der Waals surface area (Å²) in [6.45, 7) is 4.86. The Morgan fingerprint density at radius 2 is 2.10 bits per heavy atom. The number of aromatic nitrogens is 2. The van der Waals surface area contributed by atoms with Gasteiger partial charge in [-0.1, -0.05) is 13.8 Å². The Balaban J connectivity index is 1.91. The second-order valence-corrected chi connectivity index (χ2v) is 5.52. The number of likely N-dealkylation sites (N-methyl/N-ethyl adjacent to an activating group) is 1. The van der Waals surface area contributed by atoms with E-state index in [0.717, 1.165) is 18.5 Å². The quantitative estimate of drug-likeness (QED) is 0.807. The first kappa shape index (κ1) is 15.7. The largest absolute Gasteiger partial charge is 0.300 e. The minimum absolute atomic E-state index is 0.101. The van der Waals surface area contributed by atoms with Crippen molar-refractivity contribution in [3.05, 3.63) is 18.0 Å². The summed E-state index contributed by atoms with van der Waals surface area (Å²) in [7, 11) is 1.54. The van der Waals surface area contributed by atoms with Crippen LogP contribution in [0.15, 0.2) is 12.3 Å². The normalized spacial score (nSPS) is 19.6. The fourth-order valence-corrected chi connectivity index (χ4v) is 2.67. The number of rotatable bonds is 6. The van der Waals surface area contributed by atoms with Crippen LogP contribution in [0.25, 0.3) is 0 Å². The Labute approximate surface area is 125 Å². The molecule has 1 aliphatic rings. The molecule has 2 amide bonds. The summed E-state index contributed by atoms with van der Waals surface area (Å²) in [5.41, 5.74) is 0.925. The SMILES string of the molecule is CCC(CC)n1ccc(CNC2CCC(=O)N(C)C2=O)n1. The van der Waals surface area contributed by atoms with Gasteiger partial charge in [-0.15, -0.1) is 0 Å². The molecule has 1 atom stereocenters. The molecule has 6 nitrogen and oxygen atoms in total. The van der Waals surface area contributed by atoms with E-state index in [9.17, 15) is 9.59 Å². The van der Waals surface area contributed by atoms with E-state index in [0.29, 0.717) is 25.4 Å². The standard InChI is InChI=1S/C15H24N4O2/c1-4-12(5-2)19-9-8-11(17-19)10-16-13-6-7-14(20)18(3)15(13)21/h8-9,12-13,16H,4-7,10H2,1-3H3. The van der Waals surface area contributed by atoms with Crippen molar-refractivity contribution in [2.24, 2.45) is 0 Å². The number of nitrogens with zero attached hydrogens (tertiary/aromatic N) is 3. The molecule has 1 fully saturated rings. The van der Waals surface area contributed by atoms with Crippen molar-refractivity contribution < 1.29 is 9.59 Å². The predicted molar refractivity (Wildman–Crippen MR) is 79.5 cm³/mol. The van der Waals surface area contributed by atoms with Gasteiger partial charge < -0.3 is 5.32 Å². The fourth-order valence-electron chi connectivity index (χ4n) is 2.67. The summed E-state index contributed by atoms with van der Waals surface area (Å²) in [5, 5.41) is 7.77. The topological polar surface area (TPSA) is 67.2 Å². The molecule has 0 radical (unpaired) electrons. The number of piperidine rings is 1. The van der Waals surface area contributed by atoms with Crippen molar-refractivity contribution in [3.63, 3.8) is 0 Å². The molecule has 1 N–H and O–H groups in total. The summed E-state index contributed by atoms with van der Waals surface area (Å²) >= 11 is 0. The van der Waals surface area contributed by atoms with E-state index in [1.54, 1.807) is 7.05 Å². The van der Waals surface area contributed by atoms with Gasteiger partial charge in [0.2, 0.25) is 11.8 Å². The highest BCUT2D eigenvalue weighted by molar-refractivity contribution is 6.00. The van der Waals surface area contributed by atoms with Gasteiger partial charge in [0.1, 0.15) is 0 Å². The maximum absolute atomic E-state index is 12.0. The van der Waals surface area contributed by atoms with Crippen LogP contribution in [-0.2, 0) is 16.1 Å². The van der Waals surface area contributed by atoms with E-state index in [1.807, 2.05) is 16.9 Å². The van der Waals surface area contributed by atoms with Crippen LogP contribution in [0.1, 0.15) is 51.3 Å². The van der Waals surface area contributed by atoms with Gasteiger partial charge in [0, 0.05) is 26.2 Å². The zero-order valence-corrected chi connectivity index (χ0v) is 13.0. The lowest BCUT2D eigenvalue weighted by Crippen LogP contribution is -2.51.